The topological polar surface area (TPSA) is 50.2 Å². The van der Waals surface area contributed by atoms with Crippen molar-refractivity contribution in [2.24, 2.45) is 5.92 Å². The van der Waals surface area contributed by atoms with Gasteiger partial charge in [0.1, 0.15) is 5.78 Å². The van der Waals surface area contributed by atoms with Crippen LogP contribution in [0.15, 0.2) is 23.1 Å². The molecule has 0 saturated heterocycles. The number of hydrogen-bond donors (Lipinski definition) is 1. The van der Waals surface area contributed by atoms with E-state index in [-0.39, 0.29) is 5.92 Å². The Morgan fingerprint density at radius 2 is 2.17 bits per heavy atom. The Labute approximate surface area is 144 Å². The number of thiazole rings is 1. The van der Waals surface area contributed by atoms with Crippen molar-refractivity contribution in [3.05, 3.63) is 33.8 Å². The first kappa shape index (κ1) is 19.8. The van der Waals surface area contributed by atoms with E-state index in [9.17, 15) is 9.90 Å². The summed E-state index contributed by atoms with van der Waals surface area (Å²) in [5.41, 5.74) is 1.85. The van der Waals surface area contributed by atoms with Crippen LogP contribution in [0.5, 0.6) is 0 Å². The summed E-state index contributed by atoms with van der Waals surface area (Å²) in [6.45, 7) is 7.84. The Morgan fingerprint density at radius 3 is 2.78 bits per heavy atom. The quantitative estimate of drug-likeness (QED) is 0.486. The van der Waals surface area contributed by atoms with Gasteiger partial charge in [-0.2, -0.15) is 0 Å². The van der Waals surface area contributed by atoms with Crippen LogP contribution < -0.4 is 0 Å². The summed E-state index contributed by atoms with van der Waals surface area (Å²) in [5, 5.41) is 13.2. The Balaban J connectivity index is 2.28. The number of hydrogen-bond acceptors (Lipinski definition) is 4. The number of Topliss-reactive ketones (excluding diaryl/α,β-unsaturated/α-hetero) is 1. The molecule has 1 aromatic heterocycles. The summed E-state index contributed by atoms with van der Waals surface area (Å²) in [4.78, 5) is 15.9. The van der Waals surface area contributed by atoms with Crippen LogP contribution >= 0.6 is 11.3 Å². The van der Waals surface area contributed by atoms with Gasteiger partial charge in [0.05, 0.1) is 16.8 Å². The molecule has 0 aliphatic rings. The summed E-state index contributed by atoms with van der Waals surface area (Å²) in [6, 6.07) is 0. The third kappa shape index (κ3) is 7.71. The second-order valence-corrected chi connectivity index (χ2v) is 7.12. The van der Waals surface area contributed by atoms with E-state index in [4.69, 9.17) is 0 Å². The van der Waals surface area contributed by atoms with Crippen LogP contribution in [0.3, 0.4) is 0 Å². The van der Waals surface area contributed by atoms with Crippen LogP contribution in [0.1, 0.15) is 63.6 Å². The summed E-state index contributed by atoms with van der Waals surface area (Å²) < 4.78 is 0. The van der Waals surface area contributed by atoms with Gasteiger partial charge in [0, 0.05) is 17.7 Å². The van der Waals surface area contributed by atoms with Gasteiger partial charge in [0.2, 0.25) is 0 Å². The van der Waals surface area contributed by atoms with Crippen LogP contribution in [0.4, 0.5) is 0 Å². The molecule has 0 amide bonds. The summed E-state index contributed by atoms with van der Waals surface area (Å²) >= 11 is 1.62. The predicted octanol–water partition coefficient (Wildman–Crippen LogP) is 4.95. The number of carbonyl (C=O) groups is 1. The third-order valence-corrected chi connectivity index (χ3v) is 4.76. The monoisotopic (exact) mass is 335 g/mol. The maximum absolute atomic E-state index is 11.5. The van der Waals surface area contributed by atoms with E-state index >= 15 is 0 Å². The number of unbranched alkanes of at least 4 members (excludes halogenated alkanes) is 1. The lowest BCUT2D eigenvalue weighted by Gasteiger charge is -2.08. The fourth-order valence-corrected chi connectivity index (χ4v) is 2.93. The van der Waals surface area contributed by atoms with Gasteiger partial charge in [-0.3, -0.25) is 4.79 Å². The molecule has 0 aliphatic heterocycles. The van der Waals surface area contributed by atoms with Gasteiger partial charge in [-0.1, -0.05) is 26.0 Å². The van der Waals surface area contributed by atoms with Crippen LogP contribution in [0, 0.1) is 12.8 Å². The molecule has 4 heteroatoms. The van der Waals surface area contributed by atoms with Gasteiger partial charge in [-0.25, -0.2) is 4.98 Å². The molecule has 0 aliphatic carbocycles. The molecule has 1 heterocycles. The van der Waals surface area contributed by atoms with Gasteiger partial charge in [-0.15, -0.1) is 11.3 Å². The molecule has 0 radical (unpaired) electrons. The lowest BCUT2D eigenvalue weighted by atomic mass is 9.98. The predicted molar refractivity (Wildman–Crippen MR) is 98.6 cm³/mol. The molecule has 23 heavy (non-hydrogen) atoms. The number of aromatic nitrogens is 1. The lowest BCUT2D eigenvalue weighted by molar-refractivity contribution is -0.122. The highest BCUT2D eigenvalue weighted by Crippen LogP contribution is 2.15. The number of ketones is 1. The zero-order valence-electron chi connectivity index (χ0n) is 14.7. The summed E-state index contributed by atoms with van der Waals surface area (Å²) in [6.07, 6.45) is 9.79. The first-order valence-electron chi connectivity index (χ1n) is 8.40. The second kappa shape index (κ2) is 10.5. The molecule has 128 valence electrons. The van der Waals surface area contributed by atoms with Crippen molar-refractivity contribution in [2.45, 2.75) is 65.9 Å². The minimum absolute atomic E-state index is 0.172. The number of nitrogens with zero attached hydrogens (tertiary/aromatic N) is 1. The molecule has 0 bridgehead atoms. The minimum atomic E-state index is -0.464. The molecular formula is C19H29NO2S. The summed E-state index contributed by atoms with van der Waals surface area (Å²) in [5.74, 6) is 0.521. The minimum Gasteiger partial charge on any atom is -0.388 e. The number of allylic oxidation sites excluding steroid dienone is 1. The Bertz CT molecular complexity index is 545. The molecular weight excluding hydrogens is 306 g/mol. The van der Waals surface area contributed by atoms with E-state index in [1.54, 1.807) is 11.3 Å². The second-order valence-electron chi connectivity index (χ2n) is 6.05. The SMILES string of the molecule is CCC(=O)[C@@H](C)CCC/C=C\C[C@H](O)/C(C)=C/c1csc(C)n1. The van der Waals surface area contributed by atoms with E-state index in [2.05, 4.69) is 11.1 Å². The van der Waals surface area contributed by atoms with Crippen molar-refractivity contribution >= 4 is 23.2 Å². The average Bonchev–Trinajstić information content (AvgIpc) is 2.94. The molecule has 0 spiro atoms. The van der Waals surface area contributed by atoms with E-state index in [1.165, 1.54) is 0 Å². The number of carbonyl (C=O) groups excluding carboxylic acids is 1. The molecule has 0 saturated carbocycles. The lowest BCUT2D eigenvalue weighted by Crippen LogP contribution is -2.08. The van der Waals surface area contributed by atoms with Crippen LogP contribution in [-0.4, -0.2) is 22.0 Å². The van der Waals surface area contributed by atoms with Gasteiger partial charge in [-0.05, 0) is 51.2 Å². The van der Waals surface area contributed by atoms with Gasteiger partial charge < -0.3 is 5.11 Å². The van der Waals surface area contributed by atoms with Crippen molar-refractivity contribution in [1.82, 2.24) is 4.98 Å². The maximum atomic E-state index is 11.5. The van der Waals surface area contributed by atoms with Crippen molar-refractivity contribution in [1.29, 1.82) is 0 Å². The van der Waals surface area contributed by atoms with Crippen molar-refractivity contribution in [3.8, 4) is 0 Å². The van der Waals surface area contributed by atoms with Gasteiger partial charge >= 0.3 is 0 Å². The first-order chi connectivity index (χ1) is 10.9. The van der Waals surface area contributed by atoms with E-state index < -0.39 is 6.10 Å². The Morgan fingerprint density at radius 1 is 1.43 bits per heavy atom. The molecule has 1 rings (SSSR count). The number of aliphatic hydroxyl groups is 1. The molecule has 3 nitrogen and oxygen atoms in total. The highest BCUT2D eigenvalue weighted by molar-refractivity contribution is 7.09. The average molecular weight is 336 g/mol. The molecule has 1 aromatic rings. The molecule has 0 fully saturated rings. The normalized spacial score (nSPS) is 15.1. The molecule has 2 atom stereocenters. The van der Waals surface area contributed by atoms with E-state index in [0.717, 1.165) is 35.5 Å². The van der Waals surface area contributed by atoms with Crippen molar-refractivity contribution in [2.75, 3.05) is 0 Å². The number of aryl methyl sites for hydroxylation is 1. The van der Waals surface area contributed by atoms with Crippen molar-refractivity contribution in [3.63, 3.8) is 0 Å². The van der Waals surface area contributed by atoms with E-state index in [1.807, 2.05) is 45.2 Å². The Hall–Kier alpha value is -1.26. The zero-order chi connectivity index (χ0) is 17.2. The summed E-state index contributed by atoms with van der Waals surface area (Å²) in [7, 11) is 0. The van der Waals surface area contributed by atoms with Gasteiger partial charge in [0.25, 0.3) is 0 Å². The highest BCUT2D eigenvalue weighted by Gasteiger charge is 2.09. The molecule has 0 unspecified atom stereocenters. The first-order valence-corrected chi connectivity index (χ1v) is 9.28. The van der Waals surface area contributed by atoms with Crippen LogP contribution in [0.25, 0.3) is 6.08 Å². The maximum Gasteiger partial charge on any atom is 0.135 e. The van der Waals surface area contributed by atoms with Crippen LogP contribution in [-0.2, 0) is 4.79 Å². The Kier molecular flexibility index (Phi) is 9.03. The van der Waals surface area contributed by atoms with Crippen molar-refractivity contribution < 1.29 is 9.90 Å². The third-order valence-electron chi connectivity index (χ3n) is 3.97. The fourth-order valence-electron chi connectivity index (χ4n) is 2.36. The van der Waals surface area contributed by atoms with Gasteiger partial charge in [0.15, 0.2) is 0 Å². The smallest absolute Gasteiger partial charge is 0.135 e. The number of aliphatic hydroxyl groups excluding tert-OH is 1. The zero-order valence-corrected chi connectivity index (χ0v) is 15.5. The highest BCUT2D eigenvalue weighted by atomic mass is 32.1. The van der Waals surface area contributed by atoms with E-state index in [0.29, 0.717) is 18.6 Å². The molecule has 0 aromatic carbocycles. The number of rotatable bonds is 10. The van der Waals surface area contributed by atoms with Crippen LogP contribution in [0.2, 0.25) is 0 Å². The largest absolute Gasteiger partial charge is 0.388 e. The fraction of sp³-hybridized carbons (Fsp3) is 0.579. The molecule has 1 N–H and O–H groups in total. The standard InChI is InChI=1S/C19H29NO2S/c1-5-18(21)14(2)10-8-6-7-9-11-19(22)15(3)12-17-13-23-16(4)20-17/h7,9,12-14,19,22H,5-6,8,10-11H2,1-4H3/b9-7-,15-12+/t14-,19-/m0/s1.